The number of rotatable bonds is 2. The minimum Gasteiger partial charge on any atom is -0.489 e. The van der Waals surface area contributed by atoms with Crippen molar-refractivity contribution in [1.82, 2.24) is 4.98 Å². The third-order valence-corrected chi connectivity index (χ3v) is 3.71. The molecule has 19 heavy (non-hydrogen) atoms. The number of hydrogen-bond acceptors (Lipinski definition) is 3. The van der Waals surface area contributed by atoms with Gasteiger partial charge in [-0.2, -0.15) is 0 Å². The molecule has 1 aliphatic rings. The lowest BCUT2D eigenvalue weighted by atomic mass is 10.00. The normalized spacial score (nSPS) is 17.1. The first kappa shape index (κ1) is 12.0. The van der Waals surface area contributed by atoms with Gasteiger partial charge in [0.05, 0.1) is 0 Å². The highest BCUT2D eigenvalue weighted by atomic mass is 16.5. The highest BCUT2D eigenvalue weighted by molar-refractivity contribution is 5.46. The molecule has 3 rings (SSSR count). The number of benzene rings is 1. The summed E-state index contributed by atoms with van der Waals surface area (Å²) in [5, 5.41) is 0. The third kappa shape index (κ3) is 2.28. The van der Waals surface area contributed by atoms with Crippen molar-refractivity contribution in [3.05, 3.63) is 52.7 Å². The van der Waals surface area contributed by atoms with Crippen LogP contribution < -0.4 is 10.5 Å². The molecule has 0 saturated heterocycles. The van der Waals surface area contributed by atoms with E-state index in [0.717, 1.165) is 24.2 Å². The summed E-state index contributed by atoms with van der Waals surface area (Å²) in [6.45, 7) is 4.18. The van der Waals surface area contributed by atoms with Crippen molar-refractivity contribution in [2.24, 2.45) is 0 Å². The molecule has 2 N–H and O–H groups in total. The number of anilines is 1. The molecule has 1 atom stereocenters. The van der Waals surface area contributed by atoms with Crippen molar-refractivity contribution in [1.29, 1.82) is 0 Å². The summed E-state index contributed by atoms with van der Waals surface area (Å²) in [6, 6.07) is 8.35. The van der Waals surface area contributed by atoms with Gasteiger partial charge in [0.15, 0.2) is 0 Å². The molecule has 3 nitrogen and oxygen atoms in total. The van der Waals surface area contributed by atoms with E-state index in [0.29, 0.717) is 5.82 Å². The lowest BCUT2D eigenvalue weighted by molar-refractivity contribution is 0.233. The predicted octanol–water partition coefficient (Wildman–Crippen LogP) is 2.83. The molecule has 1 aromatic heterocycles. The van der Waals surface area contributed by atoms with Crippen molar-refractivity contribution < 1.29 is 4.74 Å². The van der Waals surface area contributed by atoms with Crippen LogP contribution in [0.2, 0.25) is 0 Å². The number of fused-ring (bicyclic) bond motifs is 1. The number of aromatic nitrogens is 1. The summed E-state index contributed by atoms with van der Waals surface area (Å²) in [7, 11) is 0. The Bertz CT molecular complexity index is 602. The van der Waals surface area contributed by atoms with Crippen LogP contribution in [0.5, 0.6) is 5.75 Å². The minimum absolute atomic E-state index is 0.169. The van der Waals surface area contributed by atoms with Gasteiger partial charge in [-0.25, -0.2) is 4.98 Å². The molecule has 0 aliphatic carbocycles. The van der Waals surface area contributed by atoms with Gasteiger partial charge < -0.3 is 10.5 Å². The zero-order valence-corrected chi connectivity index (χ0v) is 11.3. The fraction of sp³-hybridized carbons (Fsp3) is 0.312. The maximum absolute atomic E-state index is 5.99. The first-order valence-corrected chi connectivity index (χ1v) is 6.59. The first-order chi connectivity index (χ1) is 9.13. The lowest BCUT2D eigenvalue weighted by Gasteiger charge is -2.13. The molecular formula is C16H18N2O. The Morgan fingerprint density at radius 1 is 1.32 bits per heavy atom. The van der Waals surface area contributed by atoms with Crippen LogP contribution in [-0.4, -0.2) is 11.1 Å². The van der Waals surface area contributed by atoms with Crippen molar-refractivity contribution in [3.8, 4) is 5.75 Å². The molecule has 0 bridgehead atoms. The Balaban J connectivity index is 1.81. The van der Waals surface area contributed by atoms with Gasteiger partial charge in [-0.15, -0.1) is 0 Å². The predicted molar refractivity (Wildman–Crippen MR) is 76.4 cm³/mol. The summed E-state index contributed by atoms with van der Waals surface area (Å²) >= 11 is 0. The smallest absolute Gasteiger partial charge is 0.126 e. The maximum Gasteiger partial charge on any atom is 0.126 e. The largest absolute Gasteiger partial charge is 0.489 e. The van der Waals surface area contributed by atoms with Gasteiger partial charge in [-0.05, 0) is 37.1 Å². The number of ether oxygens (including phenoxy) is 1. The van der Waals surface area contributed by atoms with Crippen LogP contribution >= 0.6 is 0 Å². The molecule has 3 heteroatoms. The average Bonchev–Trinajstić information content (AvgIpc) is 2.75. The Hall–Kier alpha value is -2.03. The molecule has 1 unspecified atom stereocenters. The SMILES string of the molecule is Cc1ccc2c(c1)CC(Cc1c(C)ccnc1N)O2. The monoisotopic (exact) mass is 254 g/mol. The van der Waals surface area contributed by atoms with Gasteiger partial charge in [0.1, 0.15) is 17.7 Å². The summed E-state index contributed by atoms with van der Waals surface area (Å²) < 4.78 is 5.99. The molecule has 0 saturated carbocycles. The minimum atomic E-state index is 0.169. The number of pyridine rings is 1. The van der Waals surface area contributed by atoms with E-state index >= 15 is 0 Å². The zero-order chi connectivity index (χ0) is 13.4. The molecule has 2 heterocycles. The number of nitrogen functional groups attached to an aromatic ring is 1. The molecule has 1 aromatic carbocycles. The van der Waals surface area contributed by atoms with Gasteiger partial charge >= 0.3 is 0 Å². The van der Waals surface area contributed by atoms with E-state index in [4.69, 9.17) is 10.5 Å². The quantitative estimate of drug-likeness (QED) is 0.896. The van der Waals surface area contributed by atoms with Crippen LogP contribution in [-0.2, 0) is 12.8 Å². The second-order valence-corrected chi connectivity index (χ2v) is 5.25. The molecule has 2 aromatic rings. The van der Waals surface area contributed by atoms with Crippen molar-refractivity contribution >= 4 is 5.82 Å². The van der Waals surface area contributed by atoms with Gasteiger partial charge in [-0.1, -0.05) is 17.7 Å². The number of aryl methyl sites for hydroxylation is 2. The van der Waals surface area contributed by atoms with E-state index in [9.17, 15) is 0 Å². The van der Waals surface area contributed by atoms with Crippen molar-refractivity contribution in [3.63, 3.8) is 0 Å². The third-order valence-electron chi connectivity index (χ3n) is 3.71. The summed E-state index contributed by atoms with van der Waals surface area (Å²) in [6.07, 6.45) is 3.69. The molecule has 0 radical (unpaired) electrons. The molecule has 1 aliphatic heterocycles. The van der Waals surface area contributed by atoms with Gasteiger partial charge in [-0.3, -0.25) is 0 Å². The average molecular weight is 254 g/mol. The molecule has 0 fully saturated rings. The van der Waals surface area contributed by atoms with Crippen LogP contribution in [0, 0.1) is 13.8 Å². The highest BCUT2D eigenvalue weighted by Gasteiger charge is 2.24. The number of nitrogens with zero attached hydrogens (tertiary/aromatic N) is 1. The Kier molecular flexibility index (Phi) is 2.90. The van der Waals surface area contributed by atoms with E-state index in [1.54, 1.807) is 6.20 Å². The molecular weight excluding hydrogens is 236 g/mol. The Labute approximate surface area is 113 Å². The zero-order valence-electron chi connectivity index (χ0n) is 11.3. The standard InChI is InChI=1S/C16H18N2O/c1-10-3-4-15-12(7-10)8-13(19-15)9-14-11(2)5-6-18-16(14)17/h3-7,13H,8-9H2,1-2H3,(H2,17,18). The second-order valence-electron chi connectivity index (χ2n) is 5.25. The Morgan fingerprint density at radius 2 is 2.16 bits per heavy atom. The number of nitrogens with two attached hydrogens (primary N) is 1. The molecule has 0 amide bonds. The van der Waals surface area contributed by atoms with Gasteiger partial charge in [0.25, 0.3) is 0 Å². The second kappa shape index (κ2) is 4.57. The van der Waals surface area contributed by atoms with Crippen LogP contribution in [0.15, 0.2) is 30.5 Å². The lowest BCUT2D eigenvalue weighted by Crippen LogP contribution is -2.18. The first-order valence-electron chi connectivity index (χ1n) is 6.59. The van der Waals surface area contributed by atoms with Crippen LogP contribution in [0.3, 0.4) is 0 Å². The molecule has 98 valence electrons. The fourth-order valence-electron chi connectivity index (χ4n) is 2.67. The van der Waals surface area contributed by atoms with E-state index in [2.05, 4.69) is 37.0 Å². The van der Waals surface area contributed by atoms with Crippen molar-refractivity contribution in [2.45, 2.75) is 32.8 Å². The van der Waals surface area contributed by atoms with Gasteiger partial charge in [0.2, 0.25) is 0 Å². The van der Waals surface area contributed by atoms with Crippen LogP contribution in [0.1, 0.15) is 22.3 Å². The maximum atomic E-state index is 5.99. The number of hydrogen-bond donors (Lipinski definition) is 1. The van der Waals surface area contributed by atoms with E-state index in [1.165, 1.54) is 16.7 Å². The van der Waals surface area contributed by atoms with E-state index in [-0.39, 0.29) is 6.10 Å². The van der Waals surface area contributed by atoms with Gasteiger partial charge in [0, 0.05) is 24.6 Å². The summed E-state index contributed by atoms with van der Waals surface area (Å²) in [4.78, 5) is 4.17. The molecule has 0 spiro atoms. The fourth-order valence-corrected chi connectivity index (χ4v) is 2.67. The van der Waals surface area contributed by atoms with Crippen LogP contribution in [0.25, 0.3) is 0 Å². The summed E-state index contributed by atoms with van der Waals surface area (Å²) in [5.41, 5.74) is 10.8. The van der Waals surface area contributed by atoms with Crippen molar-refractivity contribution in [2.75, 3.05) is 5.73 Å². The van der Waals surface area contributed by atoms with Crippen LogP contribution in [0.4, 0.5) is 5.82 Å². The highest BCUT2D eigenvalue weighted by Crippen LogP contribution is 2.31. The topological polar surface area (TPSA) is 48.1 Å². The van der Waals surface area contributed by atoms with E-state index < -0.39 is 0 Å². The Morgan fingerprint density at radius 3 is 2.95 bits per heavy atom. The van der Waals surface area contributed by atoms with E-state index in [1.807, 2.05) is 6.07 Å². The summed E-state index contributed by atoms with van der Waals surface area (Å²) in [5.74, 6) is 1.63.